The SMILES string of the molecule is Fc1ccc(-c2[nH]ncc2CNC[C@@H](c2ccccc2)N2CCOCC2)cc1. The van der Waals surface area contributed by atoms with Crippen LogP contribution in [0, 0.1) is 5.82 Å². The number of H-pyrrole nitrogens is 1. The first-order chi connectivity index (χ1) is 13.8. The summed E-state index contributed by atoms with van der Waals surface area (Å²) in [4.78, 5) is 2.47. The maximum absolute atomic E-state index is 13.2. The first-order valence-corrected chi connectivity index (χ1v) is 9.67. The third kappa shape index (κ3) is 4.47. The van der Waals surface area contributed by atoms with E-state index in [0.29, 0.717) is 12.6 Å². The average Bonchev–Trinajstić information content (AvgIpc) is 3.21. The highest BCUT2D eigenvalue weighted by Crippen LogP contribution is 2.23. The molecule has 146 valence electrons. The molecule has 6 heteroatoms. The van der Waals surface area contributed by atoms with Gasteiger partial charge in [-0.3, -0.25) is 10.00 Å². The molecule has 1 atom stereocenters. The van der Waals surface area contributed by atoms with Gasteiger partial charge in [-0.1, -0.05) is 30.3 Å². The van der Waals surface area contributed by atoms with Crippen LogP contribution in [0.4, 0.5) is 4.39 Å². The van der Waals surface area contributed by atoms with E-state index in [4.69, 9.17) is 4.74 Å². The number of nitrogens with zero attached hydrogens (tertiary/aromatic N) is 2. The Balaban J connectivity index is 1.44. The van der Waals surface area contributed by atoms with Crippen molar-refractivity contribution in [3.63, 3.8) is 0 Å². The summed E-state index contributed by atoms with van der Waals surface area (Å²) in [6, 6.07) is 17.4. The van der Waals surface area contributed by atoms with Crippen LogP contribution >= 0.6 is 0 Å². The molecule has 1 saturated heterocycles. The Labute approximate surface area is 164 Å². The van der Waals surface area contributed by atoms with Gasteiger partial charge in [0.15, 0.2) is 0 Å². The van der Waals surface area contributed by atoms with Gasteiger partial charge in [-0.2, -0.15) is 5.10 Å². The van der Waals surface area contributed by atoms with E-state index in [1.165, 1.54) is 17.7 Å². The first kappa shape index (κ1) is 18.8. The van der Waals surface area contributed by atoms with Gasteiger partial charge in [-0.15, -0.1) is 0 Å². The van der Waals surface area contributed by atoms with E-state index in [9.17, 15) is 4.39 Å². The number of ether oxygens (including phenoxy) is 1. The second-order valence-electron chi connectivity index (χ2n) is 6.98. The lowest BCUT2D eigenvalue weighted by atomic mass is 10.0. The number of hydrogen-bond donors (Lipinski definition) is 2. The summed E-state index contributed by atoms with van der Waals surface area (Å²) in [5, 5.41) is 10.8. The molecule has 1 aliphatic heterocycles. The van der Waals surface area contributed by atoms with E-state index in [1.807, 2.05) is 12.3 Å². The van der Waals surface area contributed by atoms with Crippen molar-refractivity contribution in [2.45, 2.75) is 12.6 Å². The fraction of sp³-hybridized carbons (Fsp3) is 0.318. The summed E-state index contributed by atoms with van der Waals surface area (Å²) in [5.41, 5.74) is 4.24. The molecule has 1 aliphatic rings. The van der Waals surface area contributed by atoms with Crippen molar-refractivity contribution in [1.29, 1.82) is 0 Å². The molecule has 4 rings (SSSR count). The highest BCUT2D eigenvalue weighted by Gasteiger charge is 2.22. The van der Waals surface area contributed by atoms with Crippen molar-refractivity contribution >= 4 is 0 Å². The number of aromatic amines is 1. The van der Waals surface area contributed by atoms with Crippen LogP contribution < -0.4 is 5.32 Å². The van der Waals surface area contributed by atoms with E-state index >= 15 is 0 Å². The van der Waals surface area contributed by atoms with Crippen molar-refractivity contribution in [3.05, 3.63) is 77.7 Å². The number of nitrogens with one attached hydrogen (secondary N) is 2. The molecule has 0 saturated carbocycles. The minimum Gasteiger partial charge on any atom is -0.379 e. The van der Waals surface area contributed by atoms with Crippen LogP contribution in [0.1, 0.15) is 17.2 Å². The number of morpholine rings is 1. The number of hydrogen-bond acceptors (Lipinski definition) is 4. The van der Waals surface area contributed by atoms with E-state index in [1.54, 1.807) is 12.1 Å². The zero-order valence-electron chi connectivity index (χ0n) is 15.8. The van der Waals surface area contributed by atoms with E-state index in [0.717, 1.165) is 49.7 Å². The summed E-state index contributed by atoms with van der Waals surface area (Å²) >= 11 is 0. The third-order valence-electron chi connectivity index (χ3n) is 5.17. The maximum atomic E-state index is 13.2. The largest absolute Gasteiger partial charge is 0.379 e. The summed E-state index contributed by atoms with van der Waals surface area (Å²) in [6.07, 6.45) is 1.83. The van der Waals surface area contributed by atoms with Gasteiger partial charge in [-0.05, 0) is 29.8 Å². The van der Waals surface area contributed by atoms with Gasteiger partial charge in [0.25, 0.3) is 0 Å². The summed E-state index contributed by atoms with van der Waals surface area (Å²) < 4.78 is 18.7. The fourth-order valence-corrected chi connectivity index (χ4v) is 3.68. The number of benzene rings is 2. The van der Waals surface area contributed by atoms with Crippen LogP contribution in [0.3, 0.4) is 0 Å². The van der Waals surface area contributed by atoms with Crippen molar-refractivity contribution < 1.29 is 9.13 Å². The quantitative estimate of drug-likeness (QED) is 0.660. The Kier molecular flexibility index (Phi) is 6.11. The predicted molar refractivity (Wildman–Crippen MR) is 107 cm³/mol. The third-order valence-corrected chi connectivity index (χ3v) is 5.17. The summed E-state index contributed by atoms with van der Waals surface area (Å²) in [5.74, 6) is -0.237. The highest BCUT2D eigenvalue weighted by molar-refractivity contribution is 5.62. The number of aromatic nitrogens is 2. The molecule has 0 unspecified atom stereocenters. The van der Waals surface area contributed by atoms with Crippen LogP contribution in [0.2, 0.25) is 0 Å². The average molecular weight is 380 g/mol. The molecule has 1 aromatic heterocycles. The molecule has 2 N–H and O–H groups in total. The maximum Gasteiger partial charge on any atom is 0.123 e. The van der Waals surface area contributed by atoms with Crippen molar-refractivity contribution in [2.24, 2.45) is 0 Å². The molecule has 28 heavy (non-hydrogen) atoms. The zero-order chi connectivity index (χ0) is 19.2. The Morgan fingerprint density at radius 2 is 1.82 bits per heavy atom. The van der Waals surface area contributed by atoms with Crippen LogP contribution in [0.5, 0.6) is 0 Å². The molecule has 2 heterocycles. The van der Waals surface area contributed by atoms with E-state index in [2.05, 4.69) is 44.7 Å². The predicted octanol–water partition coefficient (Wildman–Crippen LogP) is 3.38. The molecule has 3 aromatic rings. The molecule has 2 aromatic carbocycles. The number of rotatable bonds is 7. The summed E-state index contributed by atoms with van der Waals surface area (Å²) in [6.45, 7) is 4.95. The van der Waals surface area contributed by atoms with Gasteiger partial charge in [0.05, 0.1) is 25.1 Å². The van der Waals surface area contributed by atoms with Gasteiger partial charge in [0.1, 0.15) is 5.82 Å². The van der Waals surface area contributed by atoms with Gasteiger partial charge < -0.3 is 10.1 Å². The molecule has 5 nitrogen and oxygen atoms in total. The lowest BCUT2D eigenvalue weighted by Crippen LogP contribution is -2.42. The molecule has 0 radical (unpaired) electrons. The van der Waals surface area contributed by atoms with Crippen LogP contribution in [-0.4, -0.2) is 47.9 Å². The van der Waals surface area contributed by atoms with Gasteiger partial charge in [0.2, 0.25) is 0 Å². The zero-order valence-corrected chi connectivity index (χ0v) is 15.8. The molecule has 0 amide bonds. The van der Waals surface area contributed by atoms with Crippen molar-refractivity contribution in [1.82, 2.24) is 20.4 Å². The van der Waals surface area contributed by atoms with Crippen molar-refractivity contribution in [3.8, 4) is 11.3 Å². The van der Waals surface area contributed by atoms with Crippen molar-refractivity contribution in [2.75, 3.05) is 32.8 Å². The molecular weight excluding hydrogens is 355 g/mol. The Morgan fingerprint density at radius 1 is 1.07 bits per heavy atom. The normalized spacial score (nSPS) is 16.2. The van der Waals surface area contributed by atoms with E-state index < -0.39 is 0 Å². The lowest BCUT2D eigenvalue weighted by Gasteiger charge is -2.35. The Morgan fingerprint density at radius 3 is 2.57 bits per heavy atom. The topological polar surface area (TPSA) is 53.2 Å². The van der Waals surface area contributed by atoms with Gasteiger partial charge >= 0.3 is 0 Å². The molecule has 0 bridgehead atoms. The minimum absolute atomic E-state index is 0.237. The first-order valence-electron chi connectivity index (χ1n) is 9.67. The molecule has 1 fully saturated rings. The van der Waals surface area contributed by atoms with Crippen LogP contribution in [0.25, 0.3) is 11.3 Å². The second-order valence-corrected chi connectivity index (χ2v) is 6.98. The minimum atomic E-state index is -0.237. The Hall–Kier alpha value is -2.54. The molecule has 0 spiro atoms. The molecular formula is C22H25FN4O. The molecule has 0 aliphatic carbocycles. The second kappa shape index (κ2) is 9.10. The van der Waals surface area contributed by atoms with E-state index in [-0.39, 0.29) is 5.82 Å². The highest BCUT2D eigenvalue weighted by atomic mass is 19.1. The summed E-state index contributed by atoms with van der Waals surface area (Å²) in [7, 11) is 0. The van der Waals surface area contributed by atoms with Crippen LogP contribution in [-0.2, 0) is 11.3 Å². The standard InChI is InChI=1S/C22H25FN4O/c23-20-8-6-18(7-9-20)22-19(15-25-26-22)14-24-16-21(17-4-2-1-3-5-17)27-10-12-28-13-11-27/h1-9,15,21,24H,10-14,16H2,(H,25,26)/t21-/m0/s1. The monoisotopic (exact) mass is 380 g/mol. The van der Waals surface area contributed by atoms with Gasteiger partial charge in [-0.25, -0.2) is 4.39 Å². The number of halogens is 1. The van der Waals surface area contributed by atoms with Crippen LogP contribution in [0.15, 0.2) is 60.8 Å². The smallest absolute Gasteiger partial charge is 0.123 e. The fourth-order valence-electron chi connectivity index (χ4n) is 3.68. The lowest BCUT2D eigenvalue weighted by molar-refractivity contribution is 0.0161. The Bertz CT molecular complexity index is 860. The van der Waals surface area contributed by atoms with Gasteiger partial charge in [0, 0.05) is 43.3 Å².